The van der Waals surface area contributed by atoms with E-state index < -0.39 is 6.09 Å². The SMILES string of the molecule is CCCS/C(=N\C(=O)O)c1ccc(OCCOCCOC)cc1O. The number of ether oxygens (including phenoxy) is 3. The van der Waals surface area contributed by atoms with Gasteiger partial charge >= 0.3 is 6.09 Å². The molecule has 24 heavy (non-hydrogen) atoms. The van der Waals surface area contributed by atoms with Gasteiger partial charge in [0.25, 0.3) is 0 Å². The van der Waals surface area contributed by atoms with E-state index in [1.165, 1.54) is 17.8 Å². The molecule has 0 aliphatic rings. The van der Waals surface area contributed by atoms with Gasteiger partial charge in [0.05, 0.1) is 19.8 Å². The fourth-order valence-electron chi connectivity index (χ4n) is 1.70. The molecule has 7 nitrogen and oxygen atoms in total. The smallest absolute Gasteiger partial charge is 0.432 e. The third-order valence-electron chi connectivity index (χ3n) is 2.77. The highest BCUT2D eigenvalue weighted by Crippen LogP contribution is 2.28. The Kier molecular flexibility index (Phi) is 9.90. The average molecular weight is 357 g/mol. The van der Waals surface area contributed by atoms with E-state index in [1.54, 1.807) is 19.2 Å². The topological polar surface area (TPSA) is 97.6 Å². The van der Waals surface area contributed by atoms with Crippen molar-refractivity contribution < 1.29 is 29.2 Å². The maximum absolute atomic E-state index is 10.8. The first-order chi connectivity index (χ1) is 11.6. The van der Waals surface area contributed by atoms with E-state index in [0.717, 1.165) is 6.42 Å². The van der Waals surface area contributed by atoms with Gasteiger partial charge in [-0.2, -0.15) is 4.99 Å². The van der Waals surface area contributed by atoms with Gasteiger partial charge in [0.1, 0.15) is 23.1 Å². The number of phenols is 1. The van der Waals surface area contributed by atoms with Crippen LogP contribution in [0, 0.1) is 0 Å². The van der Waals surface area contributed by atoms with Crippen molar-refractivity contribution in [3.8, 4) is 11.5 Å². The molecule has 0 spiro atoms. The van der Waals surface area contributed by atoms with Crippen LogP contribution < -0.4 is 4.74 Å². The molecular weight excluding hydrogens is 334 g/mol. The maximum Gasteiger partial charge on any atom is 0.432 e. The minimum absolute atomic E-state index is 0.0728. The molecule has 0 aliphatic heterocycles. The normalized spacial score (nSPS) is 11.5. The second kappa shape index (κ2) is 11.7. The van der Waals surface area contributed by atoms with Crippen LogP contribution >= 0.6 is 11.8 Å². The number of carbonyl (C=O) groups is 1. The first-order valence-corrected chi connectivity index (χ1v) is 8.54. The maximum atomic E-state index is 10.8. The van der Waals surface area contributed by atoms with Crippen LogP contribution in [0.15, 0.2) is 23.2 Å². The van der Waals surface area contributed by atoms with Crippen LogP contribution in [0.5, 0.6) is 11.5 Å². The van der Waals surface area contributed by atoms with Crippen LogP contribution in [0.3, 0.4) is 0 Å². The molecule has 1 rings (SSSR count). The van der Waals surface area contributed by atoms with Crippen LogP contribution in [-0.2, 0) is 9.47 Å². The van der Waals surface area contributed by atoms with E-state index in [4.69, 9.17) is 19.3 Å². The van der Waals surface area contributed by atoms with E-state index in [2.05, 4.69) is 4.99 Å². The fourth-order valence-corrected chi connectivity index (χ4v) is 2.57. The van der Waals surface area contributed by atoms with Gasteiger partial charge in [-0.3, -0.25) is 0 Å². The Labute approximate surface area is 145 Å². The summed E-state index contributed by atoms with van der Waals surface area (Å²) in [6, 6.07) is 4.70. The van der Waals surface area contributed by atoms with E-state index in [-0.39, 0.29) is 10.8 Å². The zero-order valence-corrected chi connectivity index (χ0v) is 14.7. The molecule has 0 atom stereocenters. The summed E-state index contributed by atoms with van der Waals surface area (Å²) in [6.07, 6.45) is -0.421. The highest BCUT2D eigenvalue weighted by Gasteiger charge is 2.12. The van der Waals surface area contributed by atoms with Crippen molar-refractivity contribution in [2.24, 2.45) is 4.99 Å². The molecule has 0 saturated carbocycles. The Hall–Kier alpha value is -1.77. The van der Waals surface area contributed by atoms with Gasteiger partial charge in [0.2, 0.25) is 0 Å². The number of aliphatic imine (C=N–C) groups is 1. The third-order valence-corrected chi connectivity index (χ3v) is 3.96. The molecule has 1 amide bonds. The summed E-state index contributed by atoms with van der Waals surface area (Å²) in [7, 11) is 1.60. The predicted octanol–water partition coefficient (Wildman–Crippen LogP) is 3.00. The number of amides is 1. The molecule has 2 N–H and O–H groups in total. The van der Waals surface area contributed by atoms with Crippen molar-refractivity contribution in [3.05, 3.63) is 23.8 Å². The van der Waals surface area contributed by atoms with Crippen LogP contribution in [-0.4, -0.2) is 60.6 Å². The van der Waals surface area contributed by atoms with E-state index in [9.17, 15) is 9.90 Å². The van der Waals surface area contributed by atoms with Crippen molar-refractivity contribution in [1.29, 1.82) is 0 Å². The number of thioether (sulfide) groups is 1. The Bertz CT molecular complexity index is 549. The summed E-state index contributed by atoms with van der Waals surface area (Å²) in [5.41, 5.74) is 0.375. The molecule has 0 unspecified atom stereocenters. The number of nitrogens with zero attached hydrogens (tertiary/aromatic N) is 1. The van der Waals surface area contributed by atoms with Crippen molar-refractivity contribution in [1.82, 2.24) is 0 Å². The second-order valence-electron chi connectivity index (χ2n) is 4.68. The Morgan fingerprint density at radius 2 is 2.00 bits per heavy atom. The Morgan fingerprint density at radius 1 is 1.25 bits per heavy atom. The monoisotopic (exact) mass is 357 g/mol. The highest BCUT2D eigenvalue weighted by molar-refractivity contribution is 8.14. The number of phenolic OH excluding ortho intramolecular Hbond substituents is 1. The highest BCUT2D eigenvalue weighted by atomic mass is 32.2. The van der Waals surface area contributed by atoms with Gasteiger partial charge in [-0.05, 0) is 24.3 Å². The van der Waals surface area contributed by atoms with Crippen molar-refractivity contribution >= 4 is 22.9 Å². The van der Waals surface area contributed by atoms with Crippen molar-refractivity contribution in [2.75, 3.05) is 39.3 Å². The first-order valence-electron chi connectivity index (χ1n) is 7.55. The average Bonchev–Trinajstić information content (AvgIpc) is 2.54. The number of carboxylic acid groups (broad SMARTS) is 1. The lowest BCUT2D eigenvalue weighted by Crippen LogP contribution is -2.10. The number of hydrogen-bond acceptors (Lipinski definition) is 6. The number of hydrogen-bond donors (Lipinski definition) is 2. The molecule has 134 valence electrons. The van der Waals surface area contributed by atoms with E-state index in [1.807, 2.05) is 6.92 Å². The number of benzene rings is 1. The van der Waals surface area contributed by atoms with Gasteiger partial charge in [-0.25, -0.2) is 4.79 Å². The molecule has 0 saturated heterocycles. The minimum atomic E-state index is -1.29. The summed E-state index contributed by atoms with van der Waals surface area (Å²) in [5.74, 6) is 1.11. The largest absolute Gasteiger partial charge is 0.507 e. The minimum Gasteiger partial charge on any atom is -0.507 e. The lowest BCUT2D eigenvalue weighted by atomic mass is 10.2. The molecule has 0 radical (unpaired) electrons. The second-order valence-corrected chi connectivity index (χ2v) is 5.76. The van der Waals surface area contributed by atoms with Gasteiger partial charge in [-0.15, -0.1) is 11.8 Å². The molecule has 0 aromatic heterocycles. The van der Waals surface area contributed by atoms with Gasteiger partial charge in [-0.1, -0.05) is 6.92 Å². The summed E-state index contributed by atoms with van der Waals surface area (Å²) in [4.78, 5) is 14.4. The molecule has 0 bridgehead atoms. The Balaban J connectivity index is 2.66. The van der Waals surface area contributed by atoms with Crippen LogP contribution in [0.1, 0.15) is 18.9 Å². The molecular formula is C16H23NO6S. The third kappa shape index (κ3) is 7.67. The molecule has 1 aromatic rings. The molecule has 8 heteroatoms. The molecule has 0 fully saturated rings. The van der Waals surface area contributed by atoms with Crippen LogP contribution in [0.4, 0.5) is 4.79 Å². The fraction of sp³-hybridized carbons (Fsp3) is 0.500. The van der Waals surface area contributed by atoms with Gasteiger partial charge in [0.15, 0.2) is 0 Å². The predicted molar refractivity (Wildman–Crippen MR) is 93.6 cm³/mol. The van der Waals surface area contributed by atoms with Crippen LogP contribution in [0.2, 0.25) is 0 Å². The molecule has 0 aliphatic carbocycles. The molecule has 0 heterocycles. The zero-order chi connectivity index (χ0) is 17.8. The van der Waals surface area contributed by atoms with Crippen molar-refractivity contribution in [3.63, 3.8) is 0 Å². The lowest BCUT2D eigenvalue weighted by Gasteiger charge is -2.10. The molecule has 1 aromatic carbocycles. The summed E-state index contributed by atoms with van der Waals surface area (Å²) >= 11 is 1.29. The van der Waals surface area contributed by atoms with Gasteiger partial charge in [0, 0.05) is 18.7 Å². The number of methoxy groups -OCH3 is 1. The summed E-state index contributed by atoms with van der Waals surface area (Å²) < 4.78 is 15.6. The first kappa shape index (κ1) is 20.3. The Morgan fingerprint density at radius 3 is 2.62 bits per heavy atom. The number of rotatable bonds is 10. The van der Waals surface area contributed by atoms with Gasteiger partial charge < -0.3 is 24.4 Å². The lowest BCUT2D eigenvalue weighted by molar-refractivity contribution is 0.0544. The number of aromatic hydroxyl groups is 1. The standard InChI is InChI=1S/C16H23NO6S/c1-3-10-24-15(17-16(19)20)13-5-4-12(11-14(13)18)23-9-8-22-7-6-21-2/h4-5,11,18H,3,6-10H2,1-2H3,(H,19,20)/b17-15-. The van der Waals surface area contributed by atoms with Crippen molar-refractivity contribution in [2.45, 2.75) is 13.3 Å². The van der Waals surface area contributed by atoms with E-state index >= 15 is 0 Å². The quantitative estimate of drug-likeness (QED) is 0.377. The van der Waals surface area contributed by atoms with Crippen LogP contribution in [0.25, 0.3) is 0 Å². The summed E-state index contributed by atoms with van der Waals surface area (Å²) in [6.45, 7) is 3.74. The zero-order valence-electron chi connectivity index (χ0n) is 13.9. The summed E-state index contributed by atoms with van der Waals surface area (Å²) in [5, 5.41) is 19.3. The van der Waals surface area contributed by atoms with E-state index in [0.29, 0.717) is 43.5 Å².